The van der Waals surface area contributed by atoms with Crippen molar-refractivity contribution in [3.63, 3.8) is 0 Å². The molecule has 3 nitrogen and oxygen atoms in total. The van der Waals surface area contributed by atoms with Crippen molar-refractivity contribution >= 4 is 5.91 Å². The van der Waals surface area contributed by atoms with E-state index >= 15 is 0 Å². The van der Waals surface area contributed by atoms with Crippen LogP contribution in [0.4, 0.5) is 0 Å². The Kier molecular flexibility index (Phi) is 5.97. The molecule has 0 bridgehead atoms. The van der Waals surface area contributed by atoms with Crippen LogP contribution in [0.2, 0.25) is 0 Å². The fourth-order valence-corrected chi connectivity index (χ4v) is 2.18. The zero-order chi connectivity index (χ0) is 16.2. The molecule has 0 aliphatic rings. The van der Waals surface area contributed by atoms with Crippen LogP contribution in [0.1, 0.15) is 65.1 Å². The molecule has 1 aromatic rings. The largest absolute Gasteiger partial charge is 0.348 e. The molecule has 0 radical (unpaired) electrons. The third kappa shape index (κ3) is 4.85. The first kappa shape index (κ1) is 17.7. The van der Waals surface area contributed by atoms with Gasteiger partial charge in [0.1, 0.15) is 0 Å². The summed E-state index contributed by atoms with van der Waals surface area (Å²) in [7, 11) is 0. The van der Waals surface area contributed by atoms with E-state index in [1.54, 1.807) is 0 Å². The molecule has 0 spiro atoms. The molecule has 1 rings (SSSR count). The zero-order valence-electron chi connectivity index (χ0n) is 14.2. The van der Waals surface area contributed by atoms with E-state index in [-0.39, 0.29) is 23.3 Å². The maximum Gasteiger partial charge on any atom is 0.237 e. The monoisotopic (exact) mass is 290 g/mol. The van der Waals surface area contributed by atoms with Gasteiger partial charge in [-0.2, -0.15) is 0 Å². The second-order valence-electron chi connectivity index (χ2n) is 7.01. The standard InChI is InChI=1S/C18H30N2O/c1-7-12(2)16(19)17(21)20-13(3)14-8-10-15(11-9-14)18(4,5)6/h8-13,16H,7,19H2,1-6H3,(H,20,21)/t12-,13?,16-/m0/s1. The normalized spacial score (nSPS) is 16.1. The summed E-state index contributed by atoms with van der Waals surface area (Å²) in [6.45, 7) is 12.6. The molecule has 3 atom stereocenters. The molecule has 1 amide bonds. The van der Waals surface area contributed by atoms with Gasteiger partial charge in [0.15, 0.2) is 0 Å². The minimum Gasteiger partial charge on any atom is -0.348 e. The number of rotatable bonds is 5. The van der Waals surface area contributed by atoms with Gasteiger partial charge >= 0.3 is 0 Å². The van der Waals surface area contributed by atoms with Gasteiger partial charge in [-0.15, -0.1) is 0 Å². The summed E-state index contributed by atoms with van der Waals surface area (Å²) in [5.74, 6) is 0.122. The summed E-state index contributed by atoms with van der Waals surface area (Å²) in [6.07, 6.45) is 0.906. The summed E-state index contributed by atoms with van der Waals surface area (Å²) in [6, 6.07) is 7.97. The van der Waals surface area contributed by atoms with Gasteiger partial charge in [-0.05, 0) is 29.4 Å². The summed E-state index contributed by atoms with van der Waals surface area (Å²) in [5.41, 5.74) is 8.51. The maximum atomic E-state index is 12.1. The Hall–Kier alpha value is -1.35. The van der Waals surface area contributed by atoms with Crippen molar-refractivity contribution in [1.29, 1.82) is 0 Å². The van der Waals surface area contributed by atoms with Gasteiger partial charge in [0.2, 0.25) is 5.91 Å². The van der Waals surface area contributed by atoms with Crippen LogP contribution < -0.4 is 11.1 Å². The fourth-order valence-electron chi connectivity index (χ4n) is 2.18. The molecule has 0 saturated heterocycles. The Labute approximate surface area is 129 Å². The van der Waals surface area contributed by atoms with E-state index in [2.05, 4.69) is 50.4 Å². The van der Waals surface area contributed by atoms with Gasteiger partial charge in [-0.3, -0.25) is 4.79 Å². The number of hydrogen-bond donors (Lipinski definition) is 2. The molecule has 1 aromatic carbocycles. The third-order valence-corrected chi connectivity index (χ3v) is 4.20. The lowest BCUT2D eigenvalue weighted by atomic mass is 9.86. The zero-order valence-corrected chi connectivity index (χ0v) is 14.2. The van der Waals surface area contributed by atoms with Gasteiger partial charge in [-0.1, -0.05) is 65.3 Å². The van der Waals surface area contributed by atoms with Crippen molar-refractivity contribution in [2.24, 2.45) is 11.7 Å². The number of amides is 1. The van der Waals surface area contributed by atoms with Crippen molar-refractivity contribution in [2.45, 2.75) is 65.5 Å². The first-order valence-corrected chi connectivity index (χ1v) is 7.83. The van der Waals surface area contributed by atoms with Gasteiger partial charge in [0, 0.05) is 0 Å². The summed E-state index contributed by atoms with van der Waals surface area (Å²) < 4.78 is 0. The van der Waals surface area contributed by atoms with E-state index < -0.39 is 6.04 Å². The minimum absolute atomic E-state index is 0.0263. The lowest BCUT2D eigenvalue weighted by Gasteiger charge is -2.23. The van der Waals surface area contributed by atoms with Crippen molar-refractivity contribution in [3.8, 4) is 0 Å². The Morgan fingerprint density at radius 3 is 2.14 bits per heavy atom. The highest BCUT2D eigenvalue weighted by Crippen LogP contribution is 2.24. The van der Waals surface area contributed by atoms with Crippen molar-refractivity contribution in [1.82, 2.24) is 5.32 Å². The van der Waals surface area contributed by atoms with E-state index in [4.69, 9.17) is 5.73 Å². The summed E-state index contributed by atoms with van der Waals surface area (Å²) in [4.78, 5) is 12.1. The average Bonchev–Trinajstić information content (AvgIpc) is 2.44. The molecule has 0 saturated carbocycles. The van der Waals surface area contributed by atoms with E-state index in [0.29, 0.717) is 0 Å². The maximum absolute atomic E-state index is 12.1. The molecule has 1 unspecified atom stereocenters. The lowest BCUT2D eigenvalue weighted by Crippen LogP contribution is -2.45. The van der Waals surface area contributed by atoms with Crippen LogP contribution in [-0.2, 0) is 10.2 Å². The first-order chi connectivity index (χ1) is 9.66. The smallest absolute Gasteiger partial charge is 0.237 e. The van der Waals surface area contributed by atoms with Crippen LogP contribution in [-0.4, -0.2) is 11.9 Å². The highest BCUT2D eigenvalue weighted by Gasteiger charge is 2.21. The van der Waals surface area contributed by atoms with Crippen LogP contribution in [0.5, 0.6) is 0 Å². The Morgan fingerprint density at radius 2 is 1.71 bits per heavy atom. The Morgan fingerprint density at radius 1 is 1.19 bits per heavy atom. The van der Waals surface area contributed by atoms with Crippen LogP contribution in [0, 0.1) is 5.92 Å². The van der Waals surface area contributed by atoms with Crippen LogP contribution in [0.15, 0.2) is 24.3 Å². The van der Waals surface area contributed by atoms with Gasteiger partial charge in [-0.25, -0.2) is 0 Å². The molecular weight excluding hydrogens is 260 g/mol. The average molecular weight is 290 g/mol. The number of nitrogens with two attached hydrogens (primary N) is 1. The number of benzene rings is 1. The second kappa shape index (κ2) is 7.08. The predicted octanol–water partition coefficient (Wildman–Crippen LogP) is 3.53. The molecule has 3 N–H and O–H groups in total. The number of carbonyl (C=O) groups is 1. The van der Waals surface area contributed by atoms with E-state index in [1.165, 1.54) is 5.56 Å². The summed E-state index contributed by atoms with van der Waals surface area (Å²) >= 11 is 0. The molecule has 0 heterocycles. The highest BCUT2D eigenvalue weighted by atomic mass is 16.2. The van der Waals surface area contributed by atoms with Gasteiger partial charge in [0.25, 0.3) is 0 Å². The fraction of sp³-hybridized carbons (Fsp3) is 0.611. The second-order valence-corrected chi connectivity index (χ2v) is 7.01. The van der Waals surface area contributed by atoms with Crippen molar-refractivity contribution < 1.29 is 4.79 Å². The van der Waals surface area contributed by atoms with E-state index in [0.717, 1.165) is 12.0 Å². The van der Waals surface area contributed by atoms with Crippen molar-refractivity contribution in [3.05, 3.63) is 35.4 Å². The predicted molar refractivity (Wildman–Crippen MR) is 89.1 cm³/mol. The molecule has 0 aliphatic heterocycles. The molecule has 3 heteroatoms. The van der Waals surface area contributed by atoms with Gasteiger partial charge < -0.3 is 11.1 Å². The number of nitrogens with one attached hydrogen (secondary N) is 1. The van der Waals surface area contributed by atoms with E-state index in [9.17, 15) is 4.79 Å². The minimum atomic E-state index is -0.439. The molecule has 21 heavy (non-hydrogen) atoms. The Bertz CT molecular complexity index is 459. The quantitative estimate of drug-likeness (QED) is 0.871. The number of hydrogen-bond acceptors (Lipinski definition) is 2. The van der Waals surface area contributed by atoms with E-state index in [1.807, 2.05) is 20.8 Å². The van der Waals surface area contributed by atoms with Crippen LogP contribution in [0.25, 0.3) is 0 Å². The Balaban J connectivity index is 2.72. The van der Waals surface area contributed by atoms with Gasteiger partial charge in [0.05, 0.1) is 12.1 Å². The molecular formula is C18H30N2O. The molecule has 118 valence electrons. The van der Waals surface area contributed by atoms with Crippen LogP contribution >= 0.6 is 0 Å². The molecule has 0 aliphatic carbocycles. The third-order valence-electron chi connectivity index (χ3n) is 4.20. The number of carbonyl (C=O) groups excluding carboxylic acids is 1. The molecule has 0 fully saturated rings. The SMILES string of the molecule is CC[C@H](C)[C@H](N)C(=O)NC(C)c1ccc(C(C)(C)C)cc1. The molecule has 0 aromatic heterocycles. The highest BCUT2D eigenvalue weighted by molar-refractivity contribution is 5.82. The van der Waals surface area contributed by atoms with Crippen LogP contribution in [0.3, 0.4) is 0 Å². The topological polar surface area (TPSA) is 55.1 Å². The van der Waals surface area contributed by atoms with Crippen molar-refractivity contribution in [2.75, 3.05) is 0 Å². The lowest BCUT2D eigenvalue weighted by molar-refractivity contribution is -0.124. The first-order valence-electron chi connectivity index (χ1n) is 7.83. The summed E-state index contributed by atoms with van der Waals surface area (Å²) in [5, 5.41) is 3.01.